The molecule has 1 unspecified atom stereocenters. The zero-order valence-corrected chi connectivity index (χ0v) is 17.3. The average Bonchev–Trinajstić information content (AvgIpc) is 3.39. The van der Waals surface area contributed by atoms with Crippen molar-refractivity contribution in [1.82, 2.24) is 25.2 Å². The highest BCUT2D eigenvalue weighted by Crippen LogP contribution is 2.33. The normalized spacial score (nSPS) is 21.4. The number of hydrogen-bond acceptors (Lipinski definition) is 4. The van der Waals surface area contributed by atoms with Crippen LogP contribution in [0.1, 0.15) is 28.8 Å². The molecule has 2 aliphatic rings. The van der Waals surface area contributed by atoms with E-state index in [0.717, 1.165) is 50.1 Å². The van der Waals surface area contributed by atoms with Crippen LogP contribution >= 0.6 is 0 Å². The standard InChI is InChI=1S/C24H25N5O2/c30-23(9-6-17-4-2-1-3-5-17)28-12-10-19-15-29(16-20(19)11-13-28)24(31)18-7-8-21-22(14-18)26-27-25-21/h1-9,14,19-20H,10-13,15-16H2,(H,25,26,27)/b9-6+/t19-,20?/m1/s1. The highest BCUT2D eigenvalue weighted by Gasteiger charge is 2.37. The number of amides is 2. The molecule has 0 aliphatic carbocycles. The molecule has 0 spiro atoms. The van der Waals surface area contributed by atoms with Crippen molar-refractivity contribution in [3.05, 3.63) is 65.7 Å². The zero-order chi connectivity index (χ0) is 21.2. The van der Waals surface area contributed by atoms with Gasteiger partial charge in [0.1, 0.15) is 11.0 Å². The third-order valence-electron chi connectivity index (χ3n) is 6.50. The number of nitrogens with one attached hydrogen (secondary N) is 1. The maximum Gasteiger partial charge on any atom is 0.253 e. The molecule has 2 amide bonds. The predicted molar refractivity (Wildman–Crippen MR) is 118 cm³/mol. The van der Waals surface area contributed by atoms with Gasteiger partial charge in [-0.15, -0.1) is 0 Å². The molecule has 3 heterocycles. The van der Waals surface area contributed by atoms with Gasteiger partial charge in [0.25, 0.3) is 5.91 Å². The average molecular weight is 415 g/mol. The minimum atomic E-state index is 0.0525. The van der Waals surface area contributed by atoms with E-state index in [4.69, 9.17) is 0 Å². The number of fused-ring (bicyclic) bond motifs is 2. The van der Waals surface area contributed by atoms with Crippen LogP contribution < -0.4 is 0 Å². The van der Waals surface area contributed by atoms with Crippen molar-refractivity contribution < 1.29 is 9.59 Å². The summed E-state index contributed by atoms with van der Waals surface area (Å²) in [5.74, 6) is 1.00. The van der Waals surface area contributed by atoms with Gasteiger partial charge >= 0.3 is 0 Å². The third kappa shape index (κ3) is 4.08. The van der Waals surface area contributed by atoms with Crippen molar-refractivity contribution in [2.24, 2.45) is 11.8 Å². The Morgan fingerprint density at radius 2 is 1.61 bits per heavy atom. The molecule has 0 radical (unpaired) electrons. The smallest absolute Gasteiger partial charge is 0.253 e. The van der Waals surface area contributed by atoms with Gasteiger partial charge < -0.3 is 9.80 Å². The fourth-order valence-electron chi connectivity index (χ4n) is 4.73. The van der Waals surface area contributed by atoms with Crippen LogP contribution in [0.15, 0.2) is 54.6 Å². The van der Waals surface area contributed by atoms with Crippen LogP contribution in [0.5, 0.6) is 0 Å². The summed E-state index contributed by atoms with van der Waals surface area (Å²) in [5, 5.41) is 10.7. The number of H-pyrrole nitrogens is 1. The van der Waals surface area contributed by atoms with Gasteiger partial charge in [-0.1, -0.05) is 30.3 Å². The second-order valence-corrected chi connectivity index (χ2v) is 8.40. The Balaban J connectivity index is 1.19. The summed E-state index contributed by atoms with van der Waals surface area (Å²) in [5.41, 5.74) is 3.15. The van der Waals surface area contributed by atoms with E-state index in [1.165, 1.54) is 0 Å². The van der Waals surface area contributed by atoms with E-state index >= 15 is 0 Å². The number of nitrogens with zero attached hydrogens (tertiary/aromatic N) is 4. The van der Waals surface area contributed by atoms with Crippen molar-refractivity contribution in [3.8, 4) is 0 Å². The van der Waals surface area contributed by atoms with Crippen molar-refractivity contribution in [3.63, 3.8) is 0 Å². The van der Waals surface area contributed by atoms with Crippen LogP contribution in [0.3, 0.4) is 0 Å². The second-order valence-electron chi connectivity index (χ2n) is 8.40. The van der Waals surface area contributed by atoms with E-state index < -0.39 is 0 Å². The van der Waals surface area contributed by atoms with Gasteiger partial charge in [0.15, 0.2) is 0 Å². The lowest BCUT2D eigenvalue weighted by atomic mass is 9.92. The van der Waals surface area contributed by atoms with Gasteiger partial charge in [0.2, 0.25) is 5.91 Å². The van der Waals surface area contributed by atoms with E-state index in [0.29, 0.717) is 22.9 Å². The van der Waals surface area contributed by atoms with Crippen molar-refractivity contribution in [1.29, 1.82) is 0 Å². The molecule has 3 aromatic rings. The molecule has 2 atom stereocenters. The molecular formula is C24H25N5O2. The van der Waals surface area contributed by atoms with Crippen LogP contribution in [-0.2, 0) is 4.79 Å². The molecule has 2 fully saturated rings. The number of likely N-dealkylation sites (tertiary alicyclic amines) is 2. The van der Waals surface area contributed by atoms with Crippen LogP contribution in [0.2, 0.25) is 0 Å². The molecule has 2 aliphatic heterocycles. The summed E-state index contributed by atoms with van der Waals surface area (Å²) < 4.78 is 0. The molecule has 2 aromatic carbocycles. The Hall–Kier alpha value is -3.48. The maximum absolute atomic E-state index is 13.0. The van der Waals surface area contributed by atoms with E-state index in [-0.39, 0.29) is 11.8 Å². The maximum atomic E-state index is 13.0. The number of hydrogen-bond donors (Lipinski definition) is 1. The molecule has 0 bridgehead atoms. The highest BCUT2D eigenvalue weighted by atomic mass is 16.2. The number of carbonyl (C=O) groups is 2. The third-order valence-corrected chi connectivity index (χ3v) is 6.50. The van der Waals surface area contributed by atoms with Crippen molar-refractivity contribution >= 4 is 28.9 Å². The summed E-state index contributed by atoms with van der Waals surface area (Å²) in [6.45, 7) is 2.99. The number of aromatic amines is 1. The van der Waals surface area contributed by atoms with Crippen molar-refractivity contribution in [2.75, 3.05) is 26.2 Å². The summed E-state index contributed by atoms with van der Waals surface area (Å²) in [4.78, 5) is 29.6. The molecule has 7 nitrogen and oxygen atoms in total. The molecule has 31 heavy (non-hydrogen) atoms. The van der Waals surface area contributed by atoms with E-state index in [9.17, 15) is 9.59 Å². The predicted octanol–water partition coefficient (Wildman–Crippen LogP) is 2.98. The number of aromatic nitrogens is 3. The van der Waals surface area contributed by atoms with Gasteiger partial charge in [-0.2, -0.15) is 15.4 Å². The summed E-state index contributed by atoms with van der Waals surface area (Å²) >= 11 is 0. The summed E-state index contributed by atoms with van der Waals surface area (Å²) in [6, 6.07) is 15.3. The fourth-order valence-corrected chi connectivity index (χ4v) is 4.73. The number of benzene rings is 2. The minimum Gasteiger partial charge on any atom is -0.339 e. The number of carbonyl (C=O) groups excluding carboxylic acids is 2. The summed E-state index contributed by atoms with van der Waals surface area (Å²) in [6.07, 6.45) is 5.41. The fraction of sp³-hybridized carbons (Fsp3) is 0.333. The highest BCUT2D eigenvalue weighted by molar-refractivity contribution is 5.97. The molecule has 5 rings (SSSR count). The van der Waals surface area contributed by atoms with Crippen molar-refractivity contribution in [2.45, 2.75) is 12.8 Å². The molecule has 7 heteroatoms. The first-order valence-corrected chi connectivity index (χ1v) is 10.8. The van der Waals surface area contributed by atoms with E-state index in [2.05, 4.69) is 15.4 Å². The first-order chi connectivity index (χ1) is 15.2. The van der Waals surface area contributed by atoms with E-state index in [1.807, 2.05) is 58.3 Å². The summed E-state index contributed by atoms with van der Waals surface area (Å²) in [7, 11) is 0. The van der Waals surface area contributed by atoms with Gasteiger partial charge in [-0.3, -0.25) is 9.59 Å². The van der Waals surface area contributed by atoms with Gasteiger partial charge in [0, 0.05) is 37.8 Å². The molecule has 1 N–H and O–H groups in total. The van der Waals surface area contributed by atoms with Gasteiger partial charge in [0.05, 0.1) is 0 Å². The van der Waals surface area contributed by atoms with E-state index in [1.54, 1.807) is 12.1 Å². The Kier molecular flexibility index (Phi) is 5.24. The molecule has 158 valence electrons. The lowest BCUT2D eigenvalue weighted by Crippen LogP contribution is -2.33. The Bertz CT molecular complexity index is 1110. The Morgan fingerprint density at radius 1 is 0.903 bits per heavy atom. The quantitative estimate of drug-likeness (QED) is 0.667. The number of rotatable bonds is 3. The van der Waals surface area contributed by atoms with Crippen LogP contribution in [-0.4, -0.2) is 63.2 Å². The minimum absolute atomic E-state index is 0.0525. The molecule has 0 saturated carbocycles. The zero-order valence-electron chi connectivity index (χ0n) is 17.3. The topological polar surface area (TPSA) is 82.2 Å². The van der Waals surface area contributed by atoms with Crippen LogP contribution in [0.4, 0.5) is 0 Å². The van der Waals surface area contributed by atoms with Gasteiger partial charge in [-0.25, -0.2) is 0 Å². The molecule has 2 saturated heterocycles. The lowest BCUT2D eigenvalue weighted by molar-refractivity contribution is -0.126. The molecule has 1 aromatic heterocycles. The second kappa shape index (κ2) is 8.34. The van der Waals surface area contributed by atoms with Crippen LogP contribution in [0, 0.1) is 11.8 Å². The molecular weight excluding hydrogens is 390 g/mol. The van der Waals surface area contributed by atoms with Gasteiger partial charge in [-0.05, 0) is 54.5 Å². The Morgan fingerprint density at radius 3 is 2.35 bits per heavy atom. The first kappa shape index (κ1) is 19.5. The Labute approximate surface area is 180 Å². The SMILES string of the molecule is O=C(/C=C/c1ccccc1)N1CCC2CN(C(=O)c3ccc4n[nH]nc4c3)C[C@H]2CC1. The van der Waals surface area contributed by atoms with Crippen LogP contribution in [0.25, 0.3) is 17.1 Å². The first-order valence-electron chi connectivity index (χ1n) is 10.8. The largest absolute Gasteiger partial charge is 0.339 e. The lowest BCUT2D eigenvalue weighted by Gasteiger charge is -2.21. The monoisotopic (exact) mass is 415 g/mol.